The Morgan fingerprint density at radius 1 is 1.24 bits per heavy atom. The lowest BCUT2D eigenvalue weighted by atomic mass is 9.78. The van der Waals surface area contributed by atoms with E-state index in [2.05, 4.69) is 5.32 Å². The van der Waals surface area contributed by atoms with Gasteiger partial charge in [0.15, 0.2) is 0 Å². The number of ether oxygens (including phenoxy) is 1. The van der Waals surface area contributed by atoms with E-state index in [1.54, 1.807) is 0 Å². The molecule has 1 N–H and O–H groups in total. The number of benzene rings is 1. The van der Waals surface area contributed by atoms with Gasteiger partial charge in [-0.3, -0.25) is 4.79 Å². The Kier molecular flexibility index (Phi) is 3.89. The Bertz CT molecular complexity index is 549. The maximum Gasteiger partial charge on any atom is 0.328 e. The number of carbonyl (C=O) groups excluding carboxylic acids is 2. The molecule has 1 aliphatic carbocycles. The van der Waals surface area contributed by atoms with Crippen LogP contribution in [0.5, 0.6) is 0 Å². The molecular weight excluding hydrogens is 290 g/mol. The molecule has 1 amide bonds. The van der Waals surface area contributed by atoms with Gasteiger partial charge in [0.05, 0.1) is 12.0 Å². The summed E-state index contributed by atoms with van der Waals surface area (Å²) in [6.45, 7) is 0.387. The molecule has 2 aliphatic rings. The van der Waals surface area contributed by atoms with Crippen LogP contribution in [-0.2, 0) is 19.7 Å². The van der Waals surface area contributed by atoms with Crippen LogP contribution in [-0.4, -0.2) is 24.5 Å². The number of nitrogens with one attached hydrogen (secondary N) is 1. The third-order valence-corrected chi connectivity index (χ3v) is 4.78. The molecule has 1 aromatic carbocycles. The summed E-state index contributed by atoms with van der Waals surface area (Å²) in [5.74, 6) is -0.390. The molecule has 0 bridgehead atoms. The van der Waals surface area contributed by atoms with Gasteiger partial charge in [0, 0.05) is 11.4 Å². The van der Waals surface area contributed by atoms with Crippen molar-refractivity contribution in [3.05, 3.63) is 34.9 Å². The van der Waals surface area contributed by atoms with Crippen molar-refractivity contribution < 1.29 is 14.3 Å². The van der Waals surface area contributed by atoms with Crippen LogP contribution < -0.4 is 5.32 Å². The highest BCUT2D eigenvalue weighted by atomic mass is 35.5. The van der Waals surface area contributed by atoms with Crippen LogP contribution in [0.25, 0.3) is 0 Å². The van der Waals surface area contributed by atoms with Gasteiger partial charge < -0.3 is 10.1 Å². The number of hydrogen-bond donors (Lipinski definition) is 1. The van der Waals surface area contributed by atoms with E-state index in [9.17, 15) is 9.59 Å². The highest BCUT2D eigenvalue weighted by Gasteiger charge is 2.44. The van der Waals surface area contributed by atoms with E-state index in [0.29, 0.717) is 18.1 Å². The largest absolute Gasteiger partial charge is 0.464 e. The second kappa shape index (κ2) is 5.68. The van der Waals surface area contributed by atoms with Crippen molar-refractivity contribution in [3.63, 3.8) is 0 Å². The molecule has 1 saturated carbocycles. The summed E-state index contributed by atoms with van der Waals surface area (Å²) < 4.78 is 4.91. The predicted octanol–water partition coefficient (Wildman–Crippen LogP) is 2.58. The third kappa shape index (κ3) is 2.64. The molecule has 0 aromatic heterocycles. The third-order valence-electron chi connectivity index (χ3n) is 4.53. The molecule has 0 radical (unpaired) electrons. The van der Waals surface area contributed by atoms with Crippen LogP contribution in [0.1, 0.15) is 37.7 Å². The van der Waals surface area contributed by atoms with Gasteiger partial charge in [0.2, 0.25) is 5.91 Å². The first-order valence-corrected chi connectivity index (χ1v) is 7.73. The fourth-order valence-corrected chi connectivity index (χ4v) is 3.44. The minimum atomic E-state index is -0.534. The first-order chi connectivity index (χ1) is 10.1. The lowest BCUT2D eigenvalue weighted by molar-refractivity contribution is -0.142. The monoisotopic (exact) mass is 307 g/mol. The van der Waals surface area contributed by atoms with Crippen molar-refractivity contribution in [2.45, 2.75) is 43.6 Å². The SMILES string of the molecule is O=C1OCCC1NC(=O)C1(c2ccc(Cl)cc2)CCCC1. The molecule has 1 saturated heterocycles. The predicted molar refractivity (Wildman–Crippen MR) is 79.1 cm³/mol. The average molecular weight is 308 g/mol. The molecule has 112 valence electrons. The quantitative estimate of drug-likeness (QED) is 0.873. The Labute approximate surface area is 128 Å². The first kappa shape index (κ1) is 14.4. The van der Waals surface area contributed by atoms with Gasteiger partial charge in [-0.05, 0) is 30.5 Å². The van der Waals surface area contributed by atoms with Crippen LogP contribution in [0.2, 0.25) is 5.02 Å². The van der Waals surface area contributed by atoms with Crippen molar-refractivity contribution in [1.82, 2.24) is 5.32 Å². The fraction of sp³-hybridized carbons (Fsp3) is 0.500. The Morgan fingerprint density at radius 3 is 2.48 bits per heavy atom. The first-order valence-electron chi connectivity index (χ1n) is 7.35. The number of esters is 1. The number of hydrogen-bond acceptors (Lipinski definition) is 3. The summed E-state index contributed by atoms with van der Waals surface area (Å²) in [5.41, 5.74) is 0.446. The topological polar surface area (TPSA) is 55.4 Å². The van der Waals surface area contributed by atoms with E-state index < -0.39 is 11.5 Å². The van der Waals surface area contributed by atoms with Gasteiger partial charge in [-0.25, -0.2) is 4.79 Å². The van der Waals surface area contributed by atoms with Crippen molar-refractivity contribution in [2.24, 2.45) is 0 Å². The summed E-state index contributed by atoms with van der Waals surface area (Å²) in [7, 11) is 0. The summed E-state index contributed by atoms with van der Waals surface area (Å²) in [5, 5.41) is 3.54. The summed E-state index contributed by atoms with van der Waals surface area (Å²) in [6, 6.07) is 6.96. The summed E-state index contributed by atoms with van der Waals surface area (Å²) in [6.07, 6.45) is 4.21. The lowest BCUT2D eigenvalue weighted by Crippen LogP contribution is -2.48. The molecule has 5 heteroatoms. The minimum absolute atomic E-state index is 0.0637. The zero-order valence-corrected chi connectivity index (χ0v) is 12.5. The van der Waals surface area contributed by atoms with Crippen molar-refractivity contribution in [1.29, 1.82) is 0 Å². The van der Waals surface area contributed by atoms with Gasteiger partial charge in [0.25, 0.3) is 0 Å². The average Bonchev–Trinajstić information content (AvgIpc) is 3.10. The lowest BCUT2D eigenvalue weighted by Gasteiger charge is -2.29. The molecular formula is C16H18ClNO3. The number of cyclic esters (lactones) is 1. The molecule has 4 nitrogen and oxygen atoms in total. The standard InChI is InChI=1S/C16H18ClNO3/c17-12-5-3-11(4-6-12)16(8-1-2-9-16)15(20)18-13-7-10-21-14(13)19/h3-6,13H,1-2,7-10H2,(H,18,20). The second-order valence-electron chi connectivity index (χ2n) is 5.78. The maximum absolute atomic E-state index is 12.8. The van der Waals surface area contributed by atoms with Crippen LogP contribution in [0.3, 0.4) is 0 Å². The molecule has 3 rings (SSSR count). The van der Waals surface area contributed by atoms with Crippen LogP contribution in [0.4, 0.5) is 0 Å². The zero-order valence-electron chi connectivity index (χ0n) is 11.7. The van der Waals surface area contributed by atoms with Crippen molar-refractivity contribution >= 4 is 23.5 Å². The van der Waals surface area contributed by atoms with E-state index in [-0.39, 0.29) is 11.9 Å². The molecule has 1 atom stereocenters. The molecule has 0 spiro atoms. The molecule has 1 unspecified atom stereocenters. The van der Waals surface area contributed by atoms with Gasteiger partial charge >= 0.3 is 5.97 Å². The van der Waals surface area contributed by atoms with E-state index in [4.69, 9.17) is 16.3 Å². The highest BCUT2D eigenvalue weighted by molar-refractivity contribution is 6.30. The zero-order chi connectivity index (χ0) is 14.9. The Balaban J connectivity index is 1.84. The molecule has 2 fully saturated rings. The number of amides is 1. The highest BCUT2D eigenvalue weighted by Crippen LogP contribution is 2.41. The summed E-state index contributed by atoms with van der Waals surface area (Å²) in [4.78, 5) is 24.4. The molecule has 21 heavy (non-hydrogen) atoms. The van der Waals surface area contributed by atoms with Gasteiger partial charge in [-0.2, -0.15) is 0 Å². The number of rotatable bonds is 3. The van der Waals surface area contributed by atoms with Crippen LogP contribution in [0.15, 0.2) is 24.3 Å². The van der Waals surface area contributed by atoms with E-state index in [1.807, 2.05) is 24.3 Å². The van der Waals surface area contributed by atoms with E-state index in [1.165, 1.54) is 0 Å². The van der Waals surface area contributed by atoms with E-state index >= 15 is 0 Å². The normalized spacial score (nSPS) is 23.9. The number of halogens is 1. The smallest absolute Gasteiger partial charge is 0.328 e. The van der Waals surface area contributed by atoms with Gasteiger partial charge in [-0.15, -0.1) is 0 Å². The molecule has 1 aromatic rings. The fourth-order valence-electron chi connectivity index (χ4n) is 3.32. The maximum atomic E-state index is 12.8. The second-order valence-corrected chi connectivity index (χ2v) is 6.21. The van der Waals surface area contributed by atoms with Crippen LogP contribution >= 0.6 is 11.6 Å². The van der Waals surface area contributed by atoms with E-state index in [0.717, 1.165) is 31.2 Å². The van der Waals surface area contributed by atoms with Crippen LogP contribution in [0, 0.1) is 0 Å². The van der Waals surface area contributed by atoms with Crippen molar-refractivity contribution in [2.75, 3.05) is 6.61 Å². The van der Waals surface area contributed by atoms with Gasteiger partial charge in [-0.1, -0.05) is 36.6 Å². The molecule has 1 heterocycles. The minimum Gasteiger partial charge on any atom is -0.464 e. The van der Waals surface area contributed by atoms with Crippen molar-refractivity contribution in [3.8, 4) is 0 Å². The molecule has 1 aliphatic heterocycles. The Hall–Kier alpha value is -1.55. The Morgan fingerprint density at radius 2 is 1.90 bits per heavy atom. The van der Waals surface area contributed by atoms with Gasteiger partial charge in [0.1, 0.15) is 6.04 Å². The summed E-state index contributed by atoms with van der Waals surface area (Å²) >= 11 is 5.94. The number of carbonyl (C=O) groups is 2.